The van der Waals surface area contributed by atoms with Crippen LogP contribution in [0.2, 0.25) is 0 Å². The van der Waals surface area contributed by atoms with E-state index in [4.69, 9.17) is 118 Å². The maximum absolute atomic E-state index is 12.8. The zero-order valence-corrected chi connectivity index (χ0v) is 81.8. The van der Waals surface area contributed by atoms with Gasteiger partial charge in [0.05, 0.1) is 126 Å². The van der Waals surface area contributed by atoms with E-state index in [1.54, 1.807) is 13.8 Å². The van der Waals surface area contributed by atoms with Crippen LogP contribution in [0.15, 0.2) is 177 Å². The van der Waals surface area contributed by atoms with Crippen LogP contribution in [0.3, 0.4) is 0 Å². The molecule has 0 heterocycles. The molecule has 143 heavy (non-hydrogen) atoms. The van der Waals surface area contributed by atoms with Gasteiger partial charge >= 0.3 is 113 Å². The predicted octanol–water partition coefficient (Wildman–Crippen LogP) is 7.42. The van der Waals surface area contributed by atoms with E-state index in [1.165, 1.54) is 0 Å². The summed E-state index contributed by atoms with van der Waals surface area (Å²) in [6.07, 6.45) is 17.8. The third-order valence-corrected chi connectivity index (χ3v) is 18.2. The van der Waals surface area contributed by atoms with Crippen molar-refractivity contribution in [1.82, 2.24) is 0 Å². The molecule has 0 aromatic heterocycles. The molecule has 0 rings (SSSR count). The second-order valence-corrected chi connectivity index (χ2v) is 30.4. The zero-order valence-electron chi connectivity index (χ0n) is 81.8. The van der Waals surface area contributed by atoms with Gasteiger partial charge in [-0.2, -0.15) is 0 Å². The zero-order chi connectivity index (χ0) is 108. The maximum Gasteiger partial charge on any atom is 0.330 e. The fourth-order valence-corrected chi connectivity index (χ4v) is 10.3. The van der Waals surface area contributed by atoms with E-state index in [0.717, 1.165) is 85.1 Å². The van der Waals surface area contributed by atoms with Gasteiger partial charge in [-0.05, 0) is 57.8 Å². The van der Waals surface area contributed by atoms with Crippen molar-refractivity contribution in [2.45, 2.75) is 104 Å². The monoisotopic (exact) mass is 2030 g/mol. The number of hydrogen-bond donors (Lipinski definition) is 0. The van der Waals surface area contributed by atoms with E-state index in [2.05, 4.69) is 92.1 Å². The summed E-state index contributed by atoms with van der Waals surface area (Å²) in [5.41, 5.74) is -6.90. The van der Waals surface area contributed by atoms with Crippen molar-refractivity contribution in [1.29, 1.82) is 0 Å². The fourth-order valence-electron chi connectivity index (χ4n) is 10.3. The number of hydrogen-bond acceptors (Lipinski definition) is 44. The third-order valence-electron chi connectivity index (χ3n) is 18.2. The molecule has 0 amide bonds. The van der Waals surface area contributed by atoms with Gasteiger partial charge < -0.3 is 118 Å². The molecule has 1 atom stereocenters. The smallest absolute Gasteiger partial charge is 0.330 e. The van der Waals surface area contributed by atoms with Crippen LogP contribution in [0.5, 0.6) is 0 Å². The van der Waals surface area contributed by atoms with E-state index in [1.807, 2.05) is 0 Å². The van der Waals surface area contributed by atoms with Crippen LogP contribution in [0.4, 0.5) is 0 Å². The molecular formula is C99H138O44. The molecule has 0 saturated heterocycles. The van der Waals surface area contributed by atoms with Crippen LogP contribution in [0.25, 0.3) is 0 Å². The summed E-state index contributed by atoms with van der Waals surface area (Å²) in [6, 6.07) is 0. The molecule has 0 fully saturated rings. The van der Waals surface area contributed by atoms with Gasteiger partial charge in [0.1, 0.15) is 106 Å². The Labute approximate surface area is 832 Å². The minimum Gasteiger partial charge on any atom is -0.465 e. The SMILES string of the molecule is C=CC(=O)OCCCCCC(=O)OCC(COCC(COC(=O)C=C)(COC(=O)C=C)COC(=O)CC)(COC(=O)C=C)COC(=O)CC.C=CC(=O)OCCCCCC(=O)OCC(COCC(COC(=O)C=C)(COC(=O)C=C)COC(=O)CCCCCOC(=O)C=C)(COC(=O)C=C)COC(=O)C=C.C=CC(=O)OCCOCC(COCCOC(=O)C=C)(COCCOC(=O)C=C)COCCOC(=O)C=C. The molecule has 0 aliphatic rings. The fraction of sp³-hybridized carbons (Fsp3) is 0.525. The van der Waals surface area contributed by atoms with Crippen LogP contribution >= 0.6 is 0 Å². The number of carbonyl (C=O) groups is 19. The Balaban J connectivity index is -0.00000210. The first-order valence-corrected chi connectivity index (χ1v) is 44.7. The average molecular weight is 2030 g/mol. The lowest BCUT2D eigenvalue weighted by Crippen LogP contribution is -2.47. The van der Waals surface area contributed by atoms with Crippen molar-refractivity contribution in [3.8, 4) is 0 Å². The Morgan fingerprint density at radius 3 is 0.462 bits per heavy atom. The van der Waals surface area contributed by atoms with Gasteiger partial charge in [0, 0.05) is 117 Å². The van der Waals surface area contributed by atoms with Gasteiger partial charge in [0.15, 0.2) is 0 Å². The Morgan fingerprint density at radius 2 is 0.294 bits per heavy atom. The highest BCUT2D eigenvalue weighted by Crippen LogP contribution is 2.30. The summed E-state index contributed by atoms with van der Waals surface area (Å²) in [6.45, 7) is 43.5. The number of carbonyl (C=O) groups excluding carboxylic acids is 19. The lowest BCUT2D eigenvalue weighted by atomic mass is 9.90. The average Bonchev–Trinajstić information content (AvgIpc) is 0.788. The Kier molecular flexibility index (Phi) is 78.0. The highest BCUT2D eigenvalue weighted by molar-refractivity contribution is 5.86. The molecule has 0 radical (unpaired) electrons. The van der Waals surface area contributed by atoms with E-state index < -0.39 is 233 Å². The van der Waals surface area contributed by atoms with Gasteiger partial charge in [-0.3, -0.25) is 24.0 Å². The first-order valence-electron chi connectivity index (χ1n) is 44.7. The largest absolute Gasteiger partial charge is 0.465 e. The highest BCUT2D eigenvalue weighted by atomic mass is 16.6. The van der Waals surface area contributed by atoms with Gasteiger partial charge in [0.25, 0.3) is 0 Å². The molecule has 1 unspecified atom stereocenters. The molecule has 0 N–H and O–H groups in total. The molecule has 0 aliphatic heterocycles. The Morgan fingerprint density at radius 1 is 0.154 bits per heavy atom. The standard InChI is InChI=1S/C40H54O17.C34H48O15.C25H36O12/c1-7-31(41)50-21-17-13-15-19-37(47)56-29-39(25-52-33(43)9-3,26-53-34(44)10-4)23-49-24-40(27-54-35(45)11-5,28-55-36(46)12-6)30-57-38(48)20-16-14-18-22-51-32(42)8-2;1-7-26(35)43-17-15-13-14-16-32(41)49-25-34(23-47-30(39)11-5,24-48-31(40)12-6)19-42-18-33(20-44-27(36)8-2,21-45-28(37)9-3)22-46-29(38)10-4;1-5-21(26)34-13-9-30-17-25(18-31-10-14-35-22(27)6-2,19-32-11-15-36-23(28)7-3)20-33-12-16-37-24(29)8-4/h7-12H,1-6,13-30H2;7-9,11H,1-3,5,10,12-25H2,4,6H3;5-8H,1-4,9-20H2. The Bertz CT molecular complexity index is 3810. The molecule has 44 nitrogen and oxygen atoms in total. The predicted molar refractivity (Wildman–Crippen MR) is 504 cm³/mol. The summed E-state index contributed by atoms with van der Waals surface area (Å²) in [5, 5.41) is 0. The van der Waals surface area contributed by atoms with Gasteiger partial charge in [-0.15, -0.1) is 0 Å². The van der Waals surface area contributed by atoms with Crippen LogP contribution in [-0.2, 0) is 210 Å². The minimum atomic E-state index is -1.55. The van der Waals surface area contributed by atoms with Gasteiger partial charge in [-0.25, -0.2) is 67.1 Å². The highest BCUT2D eigenvalue weighted by Gasteiger charge is 2.44. The number of esters is 19. The van der Waals surface area contributed by atoms with Crippen molar-refractivity contribution < 1.29 is 210 Å². The number of ether oxygens (including phenoxy) is 25. The summed E-state index contributed by atoms with van der Waals surface area (Å²) >= 11 is 0. The van der Waals surface area contributed by atoms with Crippen molar-refractivity contribution in [3.05, 3.63) is 177 Å². The van der Waals surface area contributed by atoms with E-state index >= 15 is 0 Å². The molecule has 0 aromatic rings. The first kappa shape index (κ1) is 133. The van der Waals surface area contributed by atoms with E-state index in [9.17, 15) is 91.1 Å². The molecule has 0 saturated carbocycles. The molecular weight excluding hydrogens is 1890 g/mol. The topological polar surface area (TPSA) is 555 Å². The molecule has 0 aliphatic carbocycles. The first-order chi connectivity index (χ1) is 68.4. The normalized spacial score (nSPS) is 11.0. The summed E-state index contributed by atoms with van der Waals surface area (Å²) in [4.78, 5) is 225. The summed E-state index contributed by atoms with van der Waals surface area (Å²) in [5.74, 6) is -13.0. The number of unbranched alkanes of at least 4 members (excludes halogenated alkanes) is 6. The quantitative estimate of drug-likeness (QED) is 0.0247. The van der Waals surface area contributed by atoms with Crippen molar-refractivity contribution in [2.75, 3.05) is 205 Å². The maximum atomic E-state index is 12.8. The molecule has 0 spiro atoms. The summed E-state index contributed by atoms with van der Waals surface area (Å²) < 4.78 is 133. The van der Waals surface area contributed by atoms with Gasteiger partial charge in [0.2, 0.25) is 0 Å². The minimum absolute atomic E-state index is 0.00276. The van der Waals surface area contributed by atoms with Crippen LogP contribution in [-0.4, -0.2) is 318 Å². The number of rotatable bonds is 86. The third kappa shape index (κ3) is 71.2. The van der Waals surface area contributed by atoms with Crippen molar-refractivity contribution in [2.24, 2.45) is 27.1 Å². The molecule has 0 aromatic carbocycles. The summed E-state index contributed by atoms with van der Waals surface area (Å²) in [7, 11) is 0. The molecule has 44 heteroatoms. The van der Waals surface area contributed by atoms with E-state index in [0.29, 0.717) is 57.8 Å². The molecule has 798 valence electrons. The second-order valence-electron chi connectivity index (χ2n) is 30.4. The van der Waals surface area contributed by atoms with Crippen molar-refractivity contribution >= 4 is 113 Å². The van der Waals surface area contributed by atoms with Crippen LogP contribution in [0, 0.1) is 27.1 Å². The van der Waals surface area contributed by atoms with Gasteiger partial charge in [-0.1, -0.05) is 106 Å². The Hall–Kier alpha value is -14.0. The van der Waals surface area contributed by atoms with E-state index in [-0.39, 0.29) is 144 Å². The lowest BCUT2D eigenvalue weighted by Gasteiger charge is -2.35. The molecule has 0 bridgehead atoms. The van der Waals surface area contributed by atoms with Crippen LogP contribution in [0.1, 0.15) is 104 Å². The van der Waals surface area contributed by atoms with Crippen LogP contribution < -0.4 is 0 Å². The lowest BCUT2D eigenvalue weighted by molar-refractivity contribution is -0.176. The van der Waals surface area contributed by atoms with Crippen molar-refractivity contribution in [3.63, 3.8) is 0 Å². The second kappa shape index (κ2) is 83.8.